The lowest BCUT2D eigenvalue weighted by Crippen LogP contribution is -2.15. The van der Waals surface area contributed by atoms with Crippen LogP contribution in [-0.2, 0) is 6.42 Å². The summed E-state index contributed by atoms with van der Waals surface area (Å²) in [6.45, 7) is 8.34. The van der Waals surface area contributed by atoms with E-state index in [2.05, 4.69) is 111 Å². The Kier molecular flexibility index (Phi) is 5.67. The Morgan fingerprint density at radius 3 is 2.16 bits per heavy atom. The predicted octanol–water partition coefficient (Wildman–Crippen LogP) is 8.16. The number of pyridine rings is 1. The molecule has 4 rings (SSSR count). The van der Waals surface area contributed by atoms with Crippen LogP contribution in [0.1, 0.15) is 51.7 Å². The highest BCUT2D eigenvalue weighted by molar-refractivity contribution is 5.73. The van der Waals surface area contributed by atoms with Crippen molar-refractivity contribution in [2.45, 2.75) is 40.0 Å². The molecule has 0 aliphatic rings. The first-order valence-electron chi connectivity index (χ1n) is 11.4. The maximum Gasteiger partial charge on any atom is 0.0704 e. The number of rotatable bonds is 5. The number of hydrogen-bond acceptors (Lipinski definition) is 1. The lowest BCUT2D eigenvalue weighted by molar-refractivity contribution is 0.339. The molecule has 0 amide bonds. The highest BCUT2D eigenvalue weighted by Gasteiger charge is 2.22. The minimum Gasteiger partial charge on any atom is -0.256 e. The lowest BCUT2D eigenvalue weighted by Gasteiger charge is -2.27. The molecular formula is C30H31N. The second-order valence-electron chi connectivity index (χ2n) is 9.21. The highest BCUT2D eigenvalue weighted by atomic mass is 14.7. The summed E-state index contributed by atoms with van der Waals surface area (Å²) in [7, 11) is 0. The molecule has 156 valence electrons. The summed E-state index contributed by atoms with van der Waals surface area (Å²) in [4.78, 5) is 4.67. The van der Waals surface area contributed by atoms with Gasteiger partial charge in [-0.25, -0.2) is 0 Å². The van der Waals surface area contributed by atoms with Crippen LogP contribution < -0.4 is 0 Å². The zero-order chi connectivity index (χ0) is 22.8. The van der Waals surface area contributed by atoms with E-state index in [1.54, 1.807) is 0 Å². The second kappa shape index (κ2) is 8.89. The third kappa shape index (κ3) is 4.94. The molecule has 1 heterocycles. The van der Waals surface area contributed by atoms with Gasteiger partial charge in [0.05, 0.1) is 5.69 Å². The molecule has 0 saturated heterocycles. The van der Waals surface area contributed by atoms with Crippen molar-refractivity contribution in [2.75, 3.05) is 0 Å². The Hall–Kier alpha value is -3.19. The molecule has 0 spiro atoms. The zero-order valence-corrected chi connectivity index (χ0v) is 18.9. The first kappa shape index (κ1) is 19.8. The van der Waals surface area contributed by atoms with Crippen LogP contribution >= 0.6 is 0 Å². The highest BCUT2D eigenvalue weighted by Crippen LogP contribution is 2.36. The molecule has 0 radical (unpaired) electrons. The summed E-state index contributed by atoms with van der Waals surface area (Å²) in [6, 6.07) is 31.8. The van der Waals surface area contributed by atoms with Gasteiger partial charge in [-0.3, -0.25) is 4.98 Å². The molecule has 4 aromatic rings. The van der Waals surface area contributed by atoms with Gasteiger partial charge in [-0.05, 0) is 63.7 Å². The van der Waals surface area contributed by atoms with Gasteiger partial charge >= 0.3 is 0 Å². The molecular weight excluding hydrogens is 374 g/mol. The van der Waals surface area contributed by atoms with Gasteiger partial charge < -0.3 is 0 Å². The average Bonchev–Trinajstić information content (AvgIpc) is 2.80. The van der Waals surface area contributed by atoms with Crippen molar-refractivity contribution < 1.29 is 1.37 Å². The van der Waals surface area contributed by atoms with E-state index in [0.29, 0.717) is 0 Å². The van der Waals surface area contributed by atoms with Crippen molar-refractivity contribution in [3.63, 3.8) is 0 Å². The van der Waals surface area contributed by atoms with Gasteiger partial charge in [-0.15, -0.1) is 0 Å². The maximum atomic E-state index is 8.99. The van der Waals surface area contributed by atoms with Gasteiger partial charge in [0.25, 0.3) is 0 Å². The largest absolute Gasteiger partial charge is 0.256 e. The van der Waals surface area contributed by atoms with Crippen molar-refractivity contribution in [3.05, 3.63) is 114 Å². The third-order valence-corrected chi connectivity index (χ3v) is 6.04. The number of nitrogens with zero attached hydrogens (tertiary/aromatic N) is 1. The van der Waals surface area contributed by atoms with Gasteiger partial charge in [0.1, 0.15) is 0 Å². The van der Waals surface area contributed by atoms with Gasteiger partial charge in [-0.1, -0.05) is 100 Å². The fourth-order valence-electron chi connectivity index (χ4n) is 3.87. The van der Waals surface area contributed by atoms with Gasteiger partial charge in [0.15, 0.2) is 0 Å². The molecule has 3 aromatic carbocycles. The fourth-order valence-corrected chi connectivity index (χ4v) is 3.87. The quantitative estimate of drug-likeness (QED) is 0.326. The second-order valence-corrected chi connectivity index (χ2v) is 9.21. The molecule has 0 saturated carbocycles. The van der Waals surface area contributed by atoms with Gasteiger partial charge in [0.2, 0.25) is 0 Å². The van der Waals surface area contributed by atoms with Crippen LogP contribution in [0.25, 0.3) is 22.4 Å². The Morgan fingerprint density at radius 2 is 1.48 bits per heavy atom. The van der Waals surface area contributed by atoms with E-state index in [-0.39, 0.29) is 5.41 Å². The Bertz CT molecular complexity index is 1190. The molecule has 1 atom stereocenters. The summed E-state index contributed by atoms with van der Waals surface area (Å²) in [5.74, 6) is -0.707. The fraction of sp³-hybridized carbons (Fsp3) is 0.233. The molecule has 1 aromatic heterocycles. The van der Waals surface area contributed by atoms with E-state index in [1.165, 1.54) is 22.3 Å². The Morgan fingerprint density at radius 1 is 0.806 bits per heavy atom. The summed E-state index contributed by atoms with van der Waals surface area (Å²) < 4.78 is 8.99. The molecule has 31 heavy (non-hydrogen) atoms. The SMILES string of the molecule is [2H]C(C)(c1ccnc(-c2ccc(-c3ccccc3)c(Cc3ccccc3)c2)c1)C(C)(C)C. The van der Waals surface area contributed by atoms with Crippen molar-refractivity contribution in [3.8, 4) is 22.4 Å². The van der Waals surface area contributed by atoms with Crippen LogP contribution in [0.5, 0.6) is 0 Å². The van der Waals surface area contributed by atoms with Crippen molar-refractivity contribution >= 4 is 0 Å². The molecule has 0 aliphatic heterocycles. The van der Waals surface area contributed by atoms with E-state index in [1.807, 2.05) is 19.2 Å². The Labute approximate surface area is 188 Å². The molecule has 0 N–H and O–H groups in total. The van der Waals surface area contributed by atoms with Crippen molar-refractivity contribution in [2.24, 2.45) is 5.41 Å². The minimum absolute atomic E-state index is 0.179. The van der Waals surface area contributed by atoms with Crippen LogP contribution in [0.3, 0.4) is 0 Å². The monoisotopic (exact) mass is 406 g/mol. The topological polar surface area (TPSA) is 12.9 Å². The molecule has 0 fully saturated rings. The maximum absolute atomic E-state index is 8.99. The number of benzene rings is 3. The molecule has 0 aliphatic carbocycles. The van der Waals surface area contributed by atoms with E-state index in [4.69, 9.17) is 1.37 Å². The van der Waals surface area contributed by atoms with Crippen molar-refractivity contribution in [1.29, 1.82) is 0 Å². The number of aromatic nitrogens is 1. The van der Waals surface area contributed by atoms with E-state index in [0.717, 1.165) is 23.2 Å². The molecule has 1 nitrogen and oxygen atoms in total. The molecule has 0 bridgehead atoms. The zero-order valence-electron chi connectivity index (χ0n) is 19.9. The van der Waals surface area contributed by atoms with Crippen molar-refractivity contribution in [1.82, 2.24) is 4.98 Å². The predicted molar refractivity (Wildman–Crippen MR) is 132 cm³/mol. The smallest absolute Gasteiger partial charge is 0.0704 e. The van der Waals surface area contributed by atoms with Gasteiger partial charge in [-0.2, -0.15) is 0 Å². The average molecular weight is 407 g/mol. The first-order valence-corrected chi connectivity index (χ1v) is 10.9. The van der Waals surface area contributed by atoms with Crippen LogP contribution in [0, 0.1) is 5.41 Å². The molecule has 1 heteroatoms. The van der Waals surface area contributed by atoms with Crippen LogP contribution in [0.15, 0.2) is 97.2 Å². The van der Waals surface area contributed by atoms with Gasteiger partial charge in [0, 0.05) is 13.1 Å². The number of hydrogen-bond donors (Lipinski definition) is 0. The summed E-state index contributed by atoms with van der Waals surface area (Å²) in [5.41, 5.74) is 7.84. The lowest BCUT2D eigenvalue weighted by atomic mass is 9.78. The Balaban J connectivity index is 1.80. The van der Waals surface area contributed by atoms with E-state index in [9.17, 15) is 0 Å². The summed E-state index contributed by atoms with van der Waals surface area (Å²) in [6.07, 6.45) is 2.70. The minimum atomic E-state index is -0.707. The summed E-state index contributed by atoms with van der Waals surface area (Å²) in [5, 5.41) is 0. The third-order valence-electron chi connectivity index (χ3n) is 6.04. The van der Waals surface area contributed by atoms with Crippen LogP contribution in [-0.4, -0.2) is 4.98 Å². The van der Waals surface area contributed by atoms with E-state index < -0.39 is 5.89 Å². The summed E-state index contributed by atoms with van der Waals surface area (Å²) >= 11 is 0. The van der Waals surface area contributed by atoms with Crippen LogP contribution in [0.2, 0.25) is 0 Å². The standard InChI is InChI=1S/C30H31N/c1-22(30(2,3)4)25-17-18-31-29(21-25)26-15-16-28(24-13-9-6-10-14-24)27(20-26)19-23-11-7-5-8-12-23/h5-18,20-22H,19H2,1-4H3/i22D. The normalized spacial score (nSPS) is 14.0. The van der Waals surface area contributed by atoms with Crippen LogP contribution in [0.4, 0.5) is 0 Å². The van der Waals surface area contributed by atoms with E-state index >= 15 is 0 Å². The molecule has 1 unspecified atom stereocenters. The first-order chi connectivity index (χ1) is 15.3.